The molecule has 0 heterocycles. The van der Waals surface area contributed by atoms with Gasteiger partial charge in [-0.25, -0.2) is 11.0 Å². The average molecular weight is 629 g/mol. The standard InChI is InChI=1S/C18H19NO6.C17H17NO3/c1-22-14-6-8-15(9-7-14)24-12-25-17-11-16(23-2)5-3-13(17)4-10-18(20)19-21;1-2-21-15-10-8-14(9-11-17(19)18-20)16(12-15)13-6-4-3-5-7-13/h3-11,21H,12H2,1-2H3,(H,19,20);3-12,20H,2H2,1H3,(H,18,19)/b10-4+;11-9+. The zero-order chi connectivity index (χ0) is 33.1. The van der Waals surface area contributed by atoms with Gasteiger partial charge < -0.3 is 23.7 Å². The summed E-state index contributed by atoms with van der Waals surface area (Å²) in [6.07, 6.45) is 5.62. The van der Waals surface area contributed by atoms with Gasteiger partial charge in [0.25, 0.3) is 11.8 Å². The Morgan fingerprint density at radius 2 is 1.22 bits per heavy atom. The van der Waals surface area contributed by atoms with Gasteiger partial charge in [0.15, 0.2) is 0 Å². The summed E-state index contributed by atoms with van der Waals surface area (Å²) in [5.74, 6) is 1.99. The Bertz CT molecular complexity index is 1600. The van der Waals surface area contributed by atoms with Crippen molar-refractivity contribution < 1.29 is 43.7 Å². The maximum atomic E-state index is 11.1. The molecule has 2 amide bonds. The zero-order valence-electron chi connectivity index (χ0n) is 25.6. The van der Waals surface area contributed by atoms with E-state index in [9.17, 15) is 9.59 Å². The molecule has 0 fully saturated rings. The number of nitrogens with one attached hydrogen (secondary N) is 2. The molecule has 0 aromatic heterocycles. The Balaban J connectivity index is 0.000000254. The lowest BCUT2D eigenvalue weighted by atomic mass is 9.99. The van der Waals surface area contributed by atoms with E-state index in [1.807, 2.05) is 55.5 Å². The van der Waals surface area contributed by atoms with Crippen molar-refractivity contribution in [3.05, 3.63) is 114 Å². The van der Waals surface area contributed by atoms with E-state index in [2.05, 4.69) is 0 Å². The van der Waals surface area contributed by atoms with Crippen LogP contribution >= 0.6 is 0 Å². The topological polar surface area (TPSA) is 145 Å². The van der Waals surface area contributed by atoms with Gasteiger partial charge in [0, 0.05) is 23.8 Å². The van der Waals surface area contributed by atoms with Crippen LogP contribution in [0.4, 0.5) is 0 Å². The minimum atomic E-state index is -0.642. The van der Waals surface area contributed by atoms with Crippen molar-refractivity contribution in [2.24, 2.45) is 0 Å². The molecule has 0 bridgehead atoms. The number of rotatable bonds is 13. The summed E-state index contributed by atoms with van der Waals surface area (Å²) < 4.78 is 26.9. The SMILES string of the molecule is CCOc1ccc(/C=C/C(=O)NO)c(-c2ccccc2)c1.COc1ccc(OCOc2cc(OC)ccc2/C=C/C(=O)NO)cc1. The summed E-state index contributed by atoms with van der Waals surface area (Å²) in [6, 6.07) is 27.7. The Morgan fingerprint density at radius 3 is 1.83 bits per heavy atom. The first-order valence-electron chi connectivity index (χ1n) is 14.0. The first-order chi connectivity index (χ1) is 22.4. The number of carbonyl (C=O) groups excluding carboxylic acids is 2. The lowest BCUT2D eigenvalue weighted by Crippen LogP contribution is -2.14. The van der Waals surface area contributed by atoms with Crippen molar-refractivity contribution in [1.82, 2.24) is 11.0 Å². The molecule has 4 rings (SSSR count). The molecule has 0 aliphatic carbocycles. The van der Waals surface area contributed by atoms with Crippen LogP contribution in [0.15, 0.2) is 103 Å². The van der Waals surface area contributed by atoms with Gasteiger partial charge in [-0.3, -0.25) is 20.0 Å². The van der Waals surface area contributed by atoms with Crippen molar-refractivity contribution >= 4 is 24.0 Å². The zero-order valence-corrected chi connectivity index (χ0v) is 25.6. The fraction of sp³-hybridized carbons (Fsp3) is 0.143. The smallest absolute Gasteiger partial charge is 0.267 e. The Kier molecular flexibility index (Phi) is 14.2. The molecule has 4 aromatic rings. The van der Waals surface area contributed by atoms with E-state index >= 15 is 0 Å². The number of amides is 2. The molecule has 0 atom stereocenters. The van der Waals surface area contributed by atoms with Gasteiger partial charge in [-0.1, -0.05) is 36.4 Å². The third kappa shape index (κ3) is 11.1. The number of methoxy groups -OCH3 is 2. The summed E-state index contributed by atoms with van der Waals surface area (Å²) in [5, 5.41) is 17.1. The number of ether oxygens (including phenoxy) is 5. The summed E-state index contributed by atoms with van der Waals surface area (Å²) >= 11 is 0. The number of hydroxylamine groups is 2. The lowest BCUT2D eigenvalue weighted by molar-refractivity contribution is -0.124. The highest BCUT2D eigenvalue weighted by atomic mass is 16.7. The molecule has 11 nitrogen and oxygen atoms in total. The van der Waals surface area contributed by atoms with Crippen LogP contribution in [0, 0.1) is 0 Å². The number of carbonyl (C=O) groups is 2. The molecule has 0 radical (unpaired) electrons. The second-order valence-corrected chi connectivity index (χ2v) is 9.15. The van der Waals surface area contributed by atoms with Crippen molar-refractivity contribution in [3.8, 4) is 39.9 Å². The molecule has 0 saturated carbocycles. The minimum Gasteiger partial charge on any atom is -0.497 e. The average Bonchev–Trinajstić information content (AvgIpc) is 3.11. The molecule has 0 unspecified atom stereocenters. The first kappa shape index (κ1) is 34.7. The first-order valence-corrected chi connectivity index (χ1v) is 14.0. The highest BCUT2D eigenvalue weighted by Gasteiger charge is 2.07. The summed E-state index contributed by atoms with van der Waals surface area (Å²) in [5.41, 5.74) is 6.59. The van der Waals surface area contributed by atoms with Crippen LogP contribution in [0.1, 0.15) is 18.1 Å². The largest absolute Gasteiger partial charge is 0.497 e. The molecule has 0 saturated heterocycles. The third-order valence-electron chi connectivity index (χ3n) is 6.19. The van der Waals surface area contributed by atoms with Crippen molar-refractivity contribution in [2.45, 2.75) is 6.92 Å². The van der Waals surface area contributed by atoms with Gasteiger partial charge in [-0.05, 0) is 84.3 Å². The Morgan fingerprint density at radius 1 is 0.652 bits per heavy atom. The van der Waals surface area contributed by atoms with E-state index in [-0.39, 0.29) is 6.79 Å². The molecular formula is C35H36N2O9. The maximum absolute atomic E-state index is 11.1. The second-order valence-electron chi connectivity index (χ2n) is 9.15. The molecule has 4 N–H and O–H groups in total. The van der Waals surface area contributed by atoms with E-state index in [1.165, 1.54) is 23.7 Å². The molecule has 0 aliphatic rings. The predicted octanol–water partition coefficient (Wildman–Crippen LogP) is 5.91. The third-order valence-corrected chi connectivity index (χ3v) is 6.19. The van der Waals surface area contributed by atoms with E-state index < -0.39 is 11.8 Å². The molecule has 11 heteroatoms. The fourth-order valence-electron chi connectivity index (χ4n) is 3.95. The normalized spacial score (nSPS) is 10.5. The van der Waals surface area contributed by atoms with Gasteiger partial charge in [0.1, 0.15) is 28.7 Å². The van der Waals surface area contributed by atoms with Gasteiger partial charge in [-0.15, -0.1) is 0 Å². The van der Waals surface area contributed by atoms with E-state index in [0.717, 1.165) is 28.2 Å². The van der Waals surface area contributed by atoms with Gasteiger partial charge in [0.2, 0.25) is 6.79 Å². The van der Waals surface area contributed by atoms with Crippen LogP contribution in [-0.2, 0) is 9.59 Å². The van der Waals surface area contributed by atoms with E-state index in [0.29, 0.717) is 29.4 Å². The van der Waals surface area contributed by atoms with Crippen LogP contribution < -0.4 is 34.6 Å². The maximum Gasteiger partial charge on any atom is 0.267 e. The van der Waals surface area contributed by atoms with Gasteiger partial charge in [-0.2, -0.15) is 0 Å². The highest BCUT2D eigenvalue weighted by molar-refractivity contribution is 5.92. The number of hydrogen-bond donors (Lipinski definition) is 4. The van der Waals surface area contributed by atoms with Gasteiger partial charge in [0.05, 0.1) is 20.8 Å². The lowest BCUT2D eigenvalue weighted by Gasteiger charge is -2.12. The summed E-state index contributed by atoms with van der Waals surface area (Å²) in [7, 11) is 3.13. The molecular weight excluding hydrogens is 592 g/mol. The molecule has 0 spiro atoms. The van der Waals surface area contributed by atoms with Crippen LogP contribution in [0.3, 0.4) is 0 Å². The second kappa shape index (κ2) is 18.8. The molecule has 0 aliphatic heterocycles. The minimum absolute atomic E-state index is 0.0352. The predicted molar refractivity (Wildman–Crippen MR) is 173 cm³/mol. The van der Waals surface area contributed by atoms with E-state index in [4.69, 9.17) is 34.1 Å². The van der Waals surface area contributed by atoms with Crippen molar-refractivity contribution in [2.75, 3.05) is 27.6 Å². The quantitative estimate of drug-likeness (QED) is 0.0615. The summed E-state index contributed by atoms with van der Waals surface area (Å²) in [6.45, 7) is 2.49. The molecule has 240 valence electrons. The Labute approximate surface area is 267 Å². The monoisotopic (exact) mass is 628 g/mol. The highest BCUT2D eigenvalue weighted by Crippen LogP contribution is 2.29. The van der Waals surface area contributed by atoms with Crippen LogP contribution in [-0.4, -0.2) is 49.8 Å². The van der Waals surface area contributed by atoms with Crippen molar-refractivity contribution in [3.63, 3.8) is 0 Å². The van der Waals surface area contributed by atoms with Crippen LogP contribution in [0.25, 0.3) is 23.3 Å². The van der Waals surface area contributed by atoms with Crippen LogP contribution in [0.2, 0.25) is 0 Å². The molecule has 4 aromatic carbocycles. The van der Waals surface area contributed by atoms with Crippen molar-refractivity contribution in [1.29, 1.82) is 0 Å². The fourth-order valence-corrected chi connectivity index (χ4v) is 3.95. The van der Waals surface area contributed by atoms with E-state index in [1.54, 1.807) is 68.2 Å². The molecule has 46 heavy (non-hydrogen) atoms. The van der Waals surface area contributed by atoms with Gasteiger partial charge >= 0.3 is 0 Å². The summed E-state index contributed by atoms with van der Waals surface area (Å²) in [4.78, 5) is 22.3. The van der Waals surface area contributed by atoms with Crippen LogP contribution in [0.5, 0.6) is 28.7 Å². The number of benzene rings is 4. The Hall–Kier alpha value is -5.78. The number of hydrogen-bond acceptors (Lipinski definition) is 9.